The van der Waals surface area contributed by atoms with Crippen molar-refractivity contribution in [1.29, 1.82) is 0 Å². The number of fused-ring (bicyclic) bond motifs is 1. The van der Waals surface area contributed by atoms with E-state index in [9.17, 15) is 22.8 Å². The maximum atomic E-state index is 12.8. The van der Waals surface area contributed by atoms with Crippen molar-refractivity contribution in [3.05, 3.63) is 82.5 Å². The number of rotatable bonds is 7. The number of carbonyl (C=O) groups excluding carboxylic acids is 2. The fourth-order valence-electron chi connectivity index (χ4n) is 3.18. The molecule has 0 saturated carbocycles. The Hall–Kier alpha value is -3.79. The fraction of sp³-hybridized carbons (Fsp3) is 0.130. The molecule has 0 aliphatic heterocycles. The number of aldehydes is 1. The summed E-state index contributed by atoms with van der Waals surface area (Å²) in [6.07, 6.45) is -1.62. The van der Waals surface area contributed by atoms with Crippen LogP contribution >= 0.6 is 11.3 Å². The number of halogens is 3. The van der Waals surface area contributed by atoms with Gasteiger partial charge in [0.1, 0.15) is 12.1 Å². The molecular weight excluding hydrogens is 453 g/mol. The number of nitrogens with zero attached hydrogens (tertiary/aromatic N) is 2. The number of nitrogens with one attached hydrogen (secondary N) is 2. The van der Waals surface area contributed by atoms with Gasteiger partial charge in [-0.15, -0.1) is 11.3 Å². The Morgan fingerprint density at radius 1 is 1.06 bits per heavy atom. The number of hydrogen-bond donors (Lipinski definition) is 2. The van der Waals surface area contributed by atoms with Gasteiger partial charge in [-0.3, -0.25) is 9.59 Å². The van der Waals surface area contributed by atoms with Crippen LogP contribution in [0.15, 0.2) is 60.9 Å². The molecule has 4 aromatic rings. The van der Waals surface area contributed by atoms with Gasteiger partial charge < -0.3 is 10.6 Å². The highest BCUT2D eigenvalue weighted by Crippen LogP contribution is 2.30. The lowest BCUT2D eigenvalue weighted by Gasteiger charge is -2.10. The molecular formula is C23H17F3N4O2S. The van der Waals surface area contributed by atoms with E-state index in [2.05, 4.69) is 20.6 Å². The Labute approximate surface area is 190 Å². The van der Waals surface area contributed by atoms with Gasteiger partial charge in [-0.2, -0.15) is 13.2 Å². The Morgan fingerprint density at radius 2 is 1.85 bits per heavy atom. The van der Waals surface area contributed by atoms with E-state index in [4.69, 9.17) is 0 Å². The number of aromatic nitrogens is 2. The normalized spacial score (nSPS) is 11.4. The third-order valence-electron chi connectivity index (χ3n) is 4.82. The number of anilines is 2. The van der Waals surface area contributed by atoms with Crippen LogP contribution in [0.25, 0.3) is 10.2 Å². The van der Waals surface area contributed by atoms with E-state index in [1.807, 2.05) is 12.1 Å². The van der Waals surface area contributed by atoms with E-state index < -0.39 is 17.6 Å². The first-order chi connectivity index (χ1) is 15.8. The van der Waals surface area contributed by atoms with Crippen LogP contribution in [0.1, 0.15) is 31.2 Å². The quantitative estimate of drug-likeness (QED) is 0.352. The third-order valence-corrected chi connectivity index (χ3v) is 5.87. The molecule has 2 heterocycles. The number of alkyl halides is 3. The molecule has 0 spiro atoms. The van der Waals surface area contributed by atoms with Crippen LogP contribution in [0.2, 0.25) is 0 Å². The molecule has 0 saturated heterocycles. The van der Waals surface area contributed by atoms with Crippen LogP contribution in [-0.2, 0) is 12.6 Å². The standard InChI is InChI=1S/C23H17F3N4O2S/c24-23(25,26)16-3-1-2-15(10-16)22(32)30-17-6-4-14(5-7-17)8-9-27-21-20-19(28-13-29-21)11-18(12-31)33-20/h1-7,10-13H,8-9H2,(H,30,32)(H,27,28,29). The second kappa shape index (κ2) is 9.37. The minimum atomic E-state index is -4.51. The Bertz CT molecular complexity index is 1300. The topological polar surface area (TPSA) is 84.0 Å². The predicted molar refractivity (Wildman–Crippen MR) is 121 cm³/mol. The number of amides is 1. The van der Waals surface area contributed by atoms with Gasteiger partial charge in [-0.05, 0) is 48.4 Å². The van der Waals surface area contributed by atoms with E-state index in [1.165, 1.54) is 29.8 Å². The number of thiophene rings is 1. The molecule has 0 fully saturated rings. The molecule has 0 aliphatic rings. The zero-order valence-electron chi connectivity index (χ0n) is 17.0. The van der Waals surface area contributed by atoms with Crippen molar-refractivity contribution in [2.75, 3.05) is 17.2 Å². The van der Waals surface area contributed by atoms with Gasteiger partial charge in [0.2, 0.25) is 0 Å². The van der Waals surface area contributed by atoms with Crippen LogP contribution in [0.5, 0.6) is 0 Å². The Kier molecular flexibility index (Phi) is 6.36. The first-order valence-electron chi connectivity index (χ1n) is 9.84. The van der Waals surface area contributed by atoms with Gasteiger partial charge in [0.15, 0.2) is 6.29 Å². The van der Waals surface area contributed by atoms with Gasteiger partial charge >= 0.3 is 6.18 Å². The highest BCUT2D eigenvalue weighted by atomic mass is 32.1. The van der Waals surface area contributed by atoms with Crippen molar-refractivity contribution in [2.24, 2.45) is 0 Å². The molecule has 168 valence electrons. The Balaban J connectivity index is 1.35. The zero-order chi connectivity index (χ0) is 23.4. The fourth-order valence-corrected chi connectivity index (χ4v) is 4.07. The van der Waals surface area contributed by atoms with E-state index >= 15 is 0 Å². The van der Waals surface area contributed by atoms with Gasteiger partial charge in [0.25, 0.3) is 5.91 Å². The SMILES string of the molecule is O=Cc1cc2ncnc(NCCc3ccc(NC(=O)c4cccc(C(F)(F)F)c4)cc3)c2s1. The summed E-state index contributed by atoms with van der Waals surface area (Å²) in [4.78, 5) is 32.3. The lowest BCUT2D eigenvalue weighted by Crippen LogP contribution is -2.14. The molecule has 4 rings (SSSR count). The maximum Gasteiger partial charge on any atom is 0.416 e. The molecule has 2 N–H and O–H groups in total. The number of hydrogen-bond acceptors (Lipinski definition) is 6. The molecule has 0 radical (unpaired) electrons. The maximum absolute atomic E-state index is 12.8. The lowest BCUT2D eigenvalue weighted by atomic mass is 10.1. The molecule has 1 amide bonds. The monoisotopic (exact) mass is 470 g/mol. The Morgan fingerprint density at radius 3 is 2.58 bits per heavy atom. The van der Waals surface area contributed by atoms with E-state index in [1.54, 1.807) is 18.2 Å². The van der Waals surface area contributed by atoms with Crippen molar-refractivity contribution < 1.29 is 22.8 Å². The van der Waals surface area contributed by atoms with Crippen molar-refractivity contribution in [1.82, 2.24) is 9.97 Å². The van der Waals surface area contributed by atoms with Crippen LogP contribution < -0.4 is 10.6 Å². The van der Waals surface area contributed by atoms with Gasteiger partial charge in [-0.25, -0.2) is 9.97 Å². The highest BCUT2D eigenvalue weighted by molar-refractivity contribution is 7.21. The van der Waals surface area contributed by atoms with Crippen LogP contribution in [0.3, 0.4) is 0 Å². The third kappa shape index (κ3) is 5.35. The molecule has 6 nitrogen and oxygen atoms in total. The molecule has 10 heteroatoms. The van der Waals surface area contributed by atoms with Crippen LogP contribution in [-0.4, -0.2) is 28.7 Å². The molecule has 2 aromatic carbocycles. The first-order valence-corrected chi connectivity index (χ1v) is 10.7. The van der Waals surface area contributed by atoms with Gasteiger partial charge in [-0.1, -0.05) is 18.2 Å². The van der Waals surface area contributed by atoms with Crippen molar-refractivity contribution in [3.8, 4) is 0 Å². The van der Waals surface area contributed by atoms with Crippen molar-refractivity contribution >= 4 is 45.3 Å². The van der Waals surface area contributed by atoms with E-state index in [-0.39, 0.29) is 5.56 Å². The first kappa shape index (κ1) is 22.4. The predicted octanol–water partition coefficient (Wildman–Crippen LogP) is 5.43. The van der Waals surface area contributed by atoms with Crippen LogP contribution in [0, 0.1) is 0 Å². The number of carbonyl (C=O) groups is 2. The second-order valence-corrected chi connectivity index (χ2v) is 8.19. The summed E-state index contributed by atoms with van der Waals surface area (Å²) in [6, 6.07) is 13.0. The summed E-state index contributed by atoms with van der Waals surface area (Å²) in [5.74, 6) is 0.0389. The minimum absolute atomic E-state index is 0.0689. The zero-order valence-corrected chi connectivity index (χ0v) is 17.8. The van der Waals surface area contributed by atoms with E-state index in [0.717, 1.165) is 28.7 Å². The minimum Gasteiger partial charge on any atom is -0.368 e. The number of benzene rings is 2. The lowest BCUT2D eigenvalue weighted by molar-refractivity contribution is -0.137. The summed E-state index contributed by atoms with van der Waals surface area (Å²) in [5, 5.41) is 5.85. The summed E-state index contributed by atoms with van der Waals surface area (Å²) in [6.45, 7) is 0.580. The summed E-state index contributed by atoms with van der Waals surface area (Å²) >= 11 is 1.32. The smallest absolute Gasteiger partial charge is 0.368 e. The van der Waals surface area contributed by atoms with Crippen LogP contribution in [0.4, 0.5) is 24.7 Å². The molecule has 0 bridgehead atoms. The average Bonchev–Trinajstić information content (AvgIpc) is 3.24. The second-order valence-electron chi connectivity index (χ2n) is 7.11. The van der Waals surface area contributed by atoms with E-state index in [0.29, 0.717) is 34.9 Å². The summed E-state index contributed by atoms with van der Waals surface area (Å²) in [7, 11) is 0. The summed E-state index contributed by atoms with van der Waals surface area (Å²) < 4.78 is 39.4. The van der Waals surface area contributed by atoms with Crippen molar-refractivity contribution in [2.45, 2.75) is 12.6 Å². The van der Waals surface area contributed by atoms with Crippen molar-refractivity contribution in [3.63, 3.8) is 0 Å². The summed E-state index contributed by atoms with van der Waals surface area (Å²) in [5.41, 5.74) is 1.24. The largest absolute Gasteiger partial charge is 0.416 e. The van der Waals surface area contributed by atoms with Gasteiger partial charge in [0, 0.05) is 17.8 Å². The van der Waals surface area contributed by atoms with Gasteiger partial charge in [0.05, 0.1) is 20.7 Å². The molecule has 0 unspecified atom stereocenters. The highest BCUT2D eigenvalue weighted by Gasteiger charge is 2.30. The molecule has 2 aromatic heterocycles. The molecule has 33 heavy (non-hydrogen) atoms. The average molecular weight is 470 g/mol. The molecule has 0 aliphatic carbocycles. The molecule has 0 atom stereocenters.